The Bertz CT molecular complexity index is 564. The van der Waals surface area contributed by atoms with E-state index in [4.69, 9.17) is 11.6 Å². The Morgan fingerprint density at radius 3 is 2.88 bits per heavy atom. The molecule has 0 spiro atoms. The van der Waals surface area contributed by atoms with E-state index < -0.39 is 0 Å². The lowest BCUT2D eigenvalue weighted by Gasteiger charge is -2.05. The van der Waals surface area contributed by atoms with Crippen LogP contribution in [0.5, 0.6) is 0 Å². The van der Waals surface area contributed by atoms with E-state index in [-0.39, 0.29) is 5.91 Å². The fourth-order valence-electron chi connectivity index (χ4n) is 1.47. The minimum absolute atomic E-state index is 0.284. The predicted octanol–water partition coefficient (Wildman–Crippen LogP) is 2.03. The molecule has 88 valence electrons. The largest absolute Gasteiger partial charge is 0.304 e. The van der Waals surface area contributed by atoms with E-state index >= 15 is 0 Å². The molecule has 6 heteroatoms. The van der Waals surface area contributed by atoms with Crippen LogP contribution >= 0.6 is 11.6 Å². The standard InChI is InChI=1S/C11H11ClN4O/c1-7-6-9(16(2)15-7)11(17)14-10-8(12)4-3-5-13-10/h3-6H,1-2H3,(H,13,14,17). The Morgan fingerprint density at radius 2 is 2.29 bits per heavy atom. The lowest BCUT2D eigenvalue weighted by molar-refractivity contribution is 0.101. The molecule has 0 saturated heterocycles. The molecule has 0 aliphatic carbocycles. The van der Waals surface area contributed by atoms with E-state index in [0.29, 0.717) is 16.5 Å². The third kappa shape index (κ3) is 2.45. The molecule has 0 aliphatic heterocycles. The zero-order chi connectivity index (χ0) is 12.4. The van der Waals surface area contributed by atoms with Crippen LogP contribution in [0.3, 0.4) is 0 Å². The number of amides is 1. The van der Waals surface area contributed by atoms with Gasteiger partial charge < -0.3 is 5.32 Å². The Balaban J connectivity index is 2.23. The molecule has 0 unspecified atom stereocenters. The number of hydrogen-bond acceptors (Lipinski definition) is 3. The molecule has 0 atom stereocenters. The van der Waals surface area contributed by atoms with Gasteiger partial charge in [0.15, 0.2) is 5.82 Å². The van der Waals surface area contributed by atoms with Gasteiger partial charge in [0.25, 0.3) is 5.91 Å². The lowest BCUT2D eigenvalue weighted by atomic mass is 10.3. The van der Waals surface area contributed by atoms with Crippen LogP contribution in [0.1, 0.15) is 16.2 Å². The summed E-state index contributed by atoms with van der Waals surface area (Å²) in [6, 6.07) is 5.07. The van der Waals surface area contributed by atoms with E-state index in [0.717, 1.165) is 5.69 Å². The quantitative estimate of drug-likeness (QED) is 0.887. The first-order valence-corrected chi connectivity index (χ1v) is 5.38. The van der Waals surface area contributed by atoms with Gasteiger partial charge in [-0.25, -0.2) is 4.98 Å². The topological polar surface area (TPSA) is 59.8 Å². The highest BCUT2D eigenvalue weighted by Crippen LogP contribution is 2.18. The molecule has 2 heterocycles. The number of halogens is 1. The maximum atomic E-state index is 11.9. The van der Waals surface area contributed by atoms with Gasteiger partial charge in [0.05, 0.1) is 10.7 Å². The zero-order valence-corrected chi connectivity index (χ0v) is 10.2. The fraction of sp³-hybridized carbons (Fsp3) is 0.182. The third-order valence-electron chi connectivity index (χ3n) is 2.23. The second-order valence-corrected chi connectivity index (χ2v) is 3.99. The molecule has 0 fully saturated rings. The highest BCUT2D eigenvalue weighted by atomic mass is 35.5. The van der Waals surface area contributed by atoms with Gasteiger partial charge in [0.1, 0.15) is 5.69 Å². The molecule has 0 radical (unpaired) electrons. The first-order valence-electron chi connectivity index (χ1n) is 5.00. The van der Waals surface area contributed by atoms with Crippen molar-refractivity contribution in [3.05, 3.63) is 40.8 Å². The smallest absolute Gasteiger partial charge is 0.275 e. The highest BCUT2D eigenvalue weighted by molar-refractivity contribution is 6.33. The molecule has 0 aromatic carbocycles. The number of nitrogens with one attached hydrogen (secondary N) is 1. The van der Waals surface area contributed by atoms with Gasteiger partial charge in [0.2, 0.25) is 0 Å². The first kappa shape index (κ1) is 11.6. The Labute approximate surface area is 103 Å². The van der Waals surface area contributed by atoms with Crippen LogP contribution in [0.25, 0.3) is 0 Å². The summed E-state index contributed by atoms with van der Waals surface area (Å²) >= 11 is 5.90. The summed E-state index contributed by atoms with van der Waals surface area (Å²) in [5.74, 6) is 0.0618. The maximum absolute atomic E-state index is 11.9. The van der Waals surface area contributed by atoms with Gasteiger partial charge in [-0.15, -0.1) is 0 Å². The van der Waals surface area contributed by atoms with Crippen molar-refractivity contribution in [2.75, 3.05) is 5.32 Å². The molecule has 5 nitrogen and oxygen atoms in total. The number of nitrogens with zero attached hydrogens (tertiary/aromatic N) is 3. The number of carbonyl (C=O) groups excluding carboxylic acids is 1. The minimum atomic E-state index is -0.284. The molecule has 2 aromatic rings. The zero-order valence-electron chi connectivity index (χ0n) is 9.44. The van der Waals surface area contributed by atoms with Gasteiger partial charge in [0, 0.05) is 13.2 Å². The number of aromatic nitrogens is 3. The molecule has 1 N–H and O–H groups in total. The SMILES string of the molecule is Cc1cc(C(=O)Nc2ncccc2Cl)n(C)n1. The average molecular weight is 251 g/mol. The van der Waals surface area contributed by atoms with Crippen LogP contribution in [-0.4, -0.2) is 20.7 Å². The molecule has 0 aliphatic rings. The van der Waals surface area contributed by atoms with Gasteiger partial charge in [-0.05, 0) is 25.1 Å². The van der Waals surface area contributed by atoms with Gasteiger partial charge in [-0.1, -0.05) is 11.6 Å². The van der Waals surface area contributed by atoms with E-state index in [1.54, 1.807) is 31.4 Å². The molecule has 0 saturated carbocycles. The molecule has 0 bridgehead atoms. The highest BCUT2D eigenvalue weighted by Gasteiger charge is 2.13. The molecule has 1 amide bonds. The van der Waals surface area contributed by atoms with Crippen molar-refractivity contribution >= 4 is 23.3 Å². The first-order chi connectivity index (χ1) is 8.08. The summed E-state index contributed by atoms with van der Waals surface area (Å²) in [6.45, 7) is 1.82. The number of aryl methyl sites for hydroxylation is 2. The Morgan fingerprint density at radius 1 is 1.53 bits per heavy atom. The summed E-state index contributed by atoms with van der Waals surface area (Å²) in [5, 5.41) is 7.14. The van der Waals surface area contributed by atoms with Gasteiger partial charge >= 0.3 is 0 Å². The summed E-state index contributed by atoms with van der Waals surface area (Å²) in [5.41, 5.74) is 1.24. The van der Waals surface area contributed by atoms with E-state index in [9.17, 15) is 4.79 Å². The van der Waals surface area contributed by atoms with Crippen molar-refractivity contribution < 1.29 is 4.79 Å². The molecule has 2 aromatic heterocycles. The Kier molecular flexibility index (Phi) is 3.10. The van der Waals surface area contributed by atoms with Crippen molar-refractivity contribution in [2.45, 2.75) is 6.92 Å². The second kappa shape index (κ2) is 4.55. The summed E-state index contributed by atoms with van der Waals surface area (Å²) in [4.78, 5) is 15.9. The van der Waals surface area contributed by atoms with Gasteiger partial charge in [-0.2, -0.15) is 5.10 Å². The maximum Gasteiger partial charge on any atom is 0.275 e. The second-order valence-electron chi connectivity index (χ2n) is 3.58. The normalized spacial score (nSPS) is 10.3. The third-order valence-corrected chi connectivity index (χ3v) is 2.53. The molecular formula is C11H11ClN4O. The predicted molar refractivity (Wildman–Crippen MR) is 65.1 cm³/mol. The monoisotopic (exact) mass is 250 g/mol. The van der Waals surface area contributed by atoms with Crippen molar-refractivity contribution in [2.24, 2.45) is 7.05 Å². The van der Waals surface area contributed by atoms with Crippen molar-refractivity contribution in [1.29, 1.82) is 0 Å². The van der Waals surface area contributed by atoms with Gasteiger partial charge in [-0.3, -0.25) is 9.48 Å². The van der Waals surface area contributed by atoms with Crippen LogP contribution < -0.4 is 5.32 Å². The molecular weight excluding hydrogens is 240 g/mol. The summed E-state index contributed by atoms with van der Waals surface area (Å²) in [6.07, 6.45) is 1.57. The van der Waals surface area contributed by atoms with Crippen LogP contribution in [-0.2, 0) is 7.05 Å². The van der Waals surface area contributed by atoms with E-state index in [1.807, 2.05) is 6.92 Å². The van der Waals surface area contributed by atoms with Crippen molar-refractivity contribution in [3.63, 3.8) is 0 Å². The number of rotatable bonds is 2. The lowest BCUT2D eigenvalue weighted by Crippen LogP contribution is -2.17. The average Bonchev–Trinajstić information content (AvgIpc) is 2.61. The molecule has 17 heavy (non-hydrogen) atoms. The fourth-order valence-corrected chi connectivity index (χ4v) is 1.64. The number of hydrogen-bond donors (Lipinski definition) is 1. The summed E-state index contributed by atoms with van der Waals surface area (Å²) in [7, 11) is 1.71. The summed E-state index contributed by atoms with van der Waals surface area (Å²) < 4.78 is 1.52. The van der Waals surface area contributed by atoms with Crippen LogP contribution in [0.2, 0.25) is 5.02 Å². The number of anilines is 1. The van der Waals surface area contributed by atoms with Crippen molar-refractivity contribution in [1.82, 2.24) is 14.8 Å². The number of carbonyl (C=O) groups is 1. The van der Waals surface area contributed by atoms with Crippen LogP contribution in [0.4, 0.5) is 5.82 Å². The van der Waals surface area contributed by atoms with Crippen LogP contribution in [0, 0.1) is 6.92 Å². The van der Waals surface area contributed by atoms with E-state index in [2.05, 4.69) is 15.4 Å². The minimum Gasteiger partial charge on any atom is -0.304 e. The molecule has 2 rings (SSSR count). The number of pyridine rings is 1. The van der Waals surface area contributed by atoms with E-state index in [1.165, 1.54) is 4.68 Å². The van der Waals surface area contributed by atoms with Crippen LogP contribution in [0.15, 0.2) is 24.4 Å². The Hall–Kier alpha value is -1.88. The van der Waals surface area contributed by atoms with Crippen molar-refractivity contribution in [3.8, 4) is 0 Å².